The number of anilines is 2. The molecule has 0 spiro atoms. The van der Waals surface area contributed by atoms with Crippen molar-refractivity contribution in [2.45, 2.75) is 0 Å². The average molecular weight is 285 g/mol. The number of aromatic amines is 1. The van der Waals surface area contributed by atoms with Gasteiger partial charge in [0.15, 0.2) is 5.82 Å². The van der Waals surface area contributed by atoms with Crippen molar-refractivity contribution in [1.82, 2.24) is 4.98 Å². The van der Waals surface area contributed by atoms with E-state index in [1.54, 1.807) is 5.48 Å². The number of nitroso groups, excluding NO2 is 1. The van der Waals surface area contributed by atoms with Crippen molar-refractivity contribution in [3.8, 4) is 0 Å². The number of aromatic nitrogens is 1. The number of nitrogens with zero attached hydrogens (tertiary/aromatic N) is 1. The van der Waals surface area contributed by atoms with Crippen molar-refractivity contribution >= 4 is 38.2 Å². The van der Waals surface area contributed by atoms with Crippen LogP contribution < -0.4 is 10.8 Å². The van der Waals surface area contributed by atoms with E-state index in [2.05, 4.69) is 15.5 Å². The van der Waals surface area contributed by atoms with Crippen LogP contribution in [0.2, 0.25) is 0 Å². The topological polar surface area (TPSA) is 147 Å². The molecule has 0 aliphatic rings. The van der Waals surface area contributed by atoms with Crippen LogP contribution in [0.25, 0.3) is 10.8 Å². The highest BCUT2D eigenvalue weighted by Gasteiger charge is 2.10. The number of benzene rings is 1. The summed E-state index contributed by atoms with van der Waals surface area (Å²) in [5, 5.41) is 16.7. The zero-order valence-corrected chi connectivity index (χ0v) is 10.2. The molecular weight excluding hydrogens is 276 g/mol. The lowest BCUT2D eigenvalue weighted by molar-refractivity contribution is 0.485. The normalized spacial score (nSPS) is 11.5. The fraction of sp³-hybridized carbons (Fsp3) is 0.111. The lowest BCUT2D eigenvalue weighted by atomic mass is 10.2. The smallest absolute Gasteiger partial charge is 0.283 e. The first-order chi connectivity index (χ1) is 8.94. The number of rotatable bonds is 5. The van der Waals surface area contributed by atoms with Crippen LogP contribution in [0.4, 0.5) is 17.3 Å². The molecule has 0 unspecified atom stereocenters. The Morgan fingerprint density at radius 1 is 1.37 bits per heavy atom. The number of hydrogen-bond acceptors (Lipinski definition) is 7. The summed E-state index contributed by atoms with van der Waals surface area (Å²) < 4.78 is 29.8. The highest BCUT2D eigenvalue weighted by molar-refractivity contribution is 7.85. The molecule has 102 valence electrons. The summed E-state index contributed by atoms with van der Waals surface area (Å²) in [4.78, 5) is 13.1. The van der Waals surface area contributed by atoms with Crippen molar-refractivity contribution in [3.63, 3.8) is 0 Å². The lowest BCUT2D eigenvalue weighted by Crippen LogP contribution is -2.12. The van der Waals surface area contributed by atoms with Gasteiger partial charge in [0, 0.05) is 16.5 Å². The Bertz CT molecular complexity index is 724. The fourth-order valence-electron chi connectivity index (χ4n) is 1.65. The van der Waals surface area contributed by atoms with Gasteiger partial charge in [0.05, 0.1) is 0 Å². The molecule has 2 rings (SSSR count). The van der Waals surface area contributed by atoms with E-state index >= 15 is 0 Å². The predicted octanol–water partition coefficient (Wildman–Crippen LogP) is 1.73. The minimum atomic E-state index is -4.16. The molecule has 4 N–H and O–H groups in total. The van der Waals surface area contributed by atoms with E-state index in [1.165, 1.54) is 18.2 Å². The van der Waals surface area contributed by atoms with Crippen molar-refractivity contribution in [2.75, 3.05) is 16.7 Å². The summed E-state index contributed by atoms with van der Waals surface area (Å²) in [5.41, 5.74) is 1.99. The Hall–Kier alpha value is -2.17. The molecule has 0 aliphatic heterocycles. The zero-order valence-electron chi connectivity index (χ0n) is 9.37. The highest BCUT2D eigenvalue weighted by Crippen LogP contribution is 2.33. The van der Waals surface area contributed by atoms with Gasteiger partial charge < -0.3 is 21.0 Å². The first kappa shape index (κ1) is 13.3. The summed E-state index contributed by atoms with van der Waals surface area (Å²) in [7, 11) is -4.16. The molecule has 0 radical (unpaired) electrons. The van der Waals surface area contributed by atoms with Gasteiger partial charge in [-0.15, -0.1) is 4.91 Å². The summed E-state index contributed by atoms with van der Waals surface area (Å²) in [5.74, 6) is -0.630. The molecule has 10 heteroatoms. The SMILES string of the molecule is O=Nc1[nH]c(N[O-])c2ccc(NCS(=O)(=O)O)cc12. The average Bonchev–Trinajstić information content (AvgIpc) is 2.72. The third kappa shape index (κ3) is 2.81. The molecule has 1 aromatic heterocycles. The van der Waals surface area contributed by atoms with E-state index in [4.69, 9.17) is 4.55 Å². The van der Waals surface area contributed by atoms with Gasteiger partial charge in [-0.3, -0.25) is 4.55 Å². The van der Waals surface area contributed by atoms with Crippen LogP contribution in [0.5, 0.6) is 0 Å². The number of nitrogens with one attached hydrogen (secondary N) is 3. The lowest BCUT2D eigenvalue weighted by Gasteiger charge is -2.07. The first-order valence-corrected chi connectivity index (χ1v) is 6.62. The van der Waals surface area contributed by atoms with Crippen molar-refractivity contribution < 1.29 is 13.0 Å². The number of fused-ring (bicyclic) bond motifs is 1. The van der Waals surface area contributed by atoms with Crippen LogP contribution in [0.15, 0.2) is 23.4 Å². The maximum Gasteiger partial charge on any atom is 0.283 e. The summed E-state index contributed by atoms with van der Waals surface area (Å²) >= 11 is 0. The summed E-state index contributed by atoms with van der Waals surface area (Å²) in [6.45, 7) is 0. The summed E-state index contributed by atoms with van der Waals surface area (Å²) in [6, 6.07) is 4.44. The quantitative estimate of drug-likeness (QED) is 0.371. The molecule has 2 aromatic rings. The number of hydrogen-bond donors (Lipinski definition) is 4. The zero-order chi connectivity index (χ0) is 14.0. The molecule has 0 bridgehead atoms. The Kier molecular flexibility index (Phi) is 3.38. The van der Waals surface area contributed by atoms with Crippen LogP contribution in [0, 0.1) is 10.1 Å². The molecule has 0 saturated heterocycles. The van der Waals surface area contributed by atoms with Gasteiger partial charge in [-0.25, -0.2) is 0 Å². The van der Waals surface area contributed by atoms with Crippen LogP contribution in [-0.2, 0) is 10.1 Å². The van der Waals surface area contributed by atoms with E-state index in [1.807, 2.05) is 0 Å². The van der Waals surface area contributed by atoms with E-state index < -0.39 is 16.0 Å². The van der Waals surface area contributed by atoms with E-state index in [0.29, 0.717) is 16.5 Å². The van der Waals surface area contributed by atoms with Gasteiger partial charge in [-0.05, 0) is 23.4 Å². The standard InChI is InChI=1S/C9H9N4O5S/c14-12-8-6-2-1-5(10-4-19(16,17)18)3-7(6)9(11-8)13-15/h1-3,10-12H,4H2,(H,16,17,18)/q-1. The third-order valence-corrected chi connectivity index (χ3v) is 2.95. The second kappa shape index (κ2) is 4.84. The van der Waals surface area contributed by atoms with E-state index in [0.717, 1.165) is 0 Å². The van der Waals surface area contributed by atoms with E-state index in [9.17, 15) is 18.5 Å². The maximum absolute atomic E-state index is 10.7. The van der Waals surface area contributed by atoms with Crippen LogP contribution >= 0.6 is 0 Å². The molecule has 0 aliphatic carbocycles. The monoisotopic (exact) mass is 285 g/mol. The second-order valence-electron chi connectivity index (χ2n) is 3.71. The fourth-order valence-corrected chi connectivity index (χ4v) is 2.00. The number of H-pyrrole nitrogens is 1. The molecule has 1 heterocycles. The van der Waals surface area contributed by atoms with Gasteiger partial charge in [0.25, 0.3) is 10.1 Å². The van der Waals surface area contributed by atoms with Gasteiger partial charge in [-0.1, -0.05) is 0 Å². The maximum atomic E-state index is 10.7. The Labute approximate surface area is 107 Å². The minimum absolute atomic E-state index is 0.0520. The predicted molar refractivity (Wildman–Crippen MR) is 70.8 cm³/mol. The van der Waals surface area contributed by atoms with Gasteiger partial charge in [-0.2, -0.15) is 8.42 Å². The molecule has 0 atom stereocenters. The van der Waals surface area contributed by atoms with Crippen molar-refractivity contribution in [1.29, 1.82) is 0 Å². The van der Waals surface area contributed by atoms with Crippen molar-refractivity contribution in [3.05, 3.63) is 28.3 Å². The Morgan fingerprint density at radius 2 is 2.11 bits per heavy atom. The molecule has 19 heavy (non-hydrogen) atoms. The van der Waals surface area contributed by atoms with Crippen LogP contribution in [0.3, 0.4) is 0 Å². The largest absolute Gasteiger partial charge is 0.760 e. The van der Waals surface area contributed by atoms with Gasteiger partial charge >= 0.3 is 0 Å². The summed E-state index contributed by atoms with van der Waals surface area (Å²) in [6.07, 6.45) is 0. The minimum Gasteiger partial charge on any atom is -0.760 e. The van der Waals surface area contributed by atoms with Gasteiger partial charge in [0.2, 0.25) is 0 Å². The molecule has 0 saturated carbocycles. The third-order valence-electron chi connectivity index (χ3n) is 2.44. The second-order valence-corrected chi connectivity index (χ2v) is 5.16. The molecule has 0 amide bonds. The Balaban J connectivity index is 2.42. The molecular formula is C9H9N4O5S-. The Morgan fingerprint density at radius 3 is 2.68 bits per heavy atom. The van der Waals surface area contributed by atoms with Crippen LogP contribution in [-0.4, -0.2) is 23.8 Å². The van der Waals surface area contributed by atoms with E-state index in [-0.39, 0.29) is 11.6 Å². The molecule has 1 aromatic carbocycles. The first-order valence-electron chi connectivity index (χ1n) is 5.01. The van der Waals surface area contributed by atoms with Gasteiger partial charge in [0.1, 0.15) is 11.7 Å². The van der Waals surface area contributed by atoms with Crippen molar-refractivity contribution in [2.24, 2.45) is 5.18 Å². The highest BCUT2D eigenvalue weighted by atomic mass is 32.2. The molecule has 0 fully saturated rings. The van der Waals surface area contributed by atoms with Crippen LogP contribution in [0.1, 0.15) is 0 Å². The molecule has 9 nitrogen and oxygen atoms in total.